The average molecular weight is 494 g/mol. The second-order valence-electron chi connectivity index (χ2n) is 7.49. The fourth-order valence-electron chi connectivity index (χ4n) is 3.20. The topological polar surface area (TPSA) is 101 Å². The smallest absolute Gasteiger partial charge is 0.255 e. The lowest BCUT2D eigenvalue weighted by atomic mass is 10.1. The zero-order valence-corrected chi connectivity index (χ0v) is 20.0. The van der Waals surface area contributed by atoms with Crippen molar-refractivity contribution in [3.63, 3.8) is 0 Å². The summed E-state index contributed by atoms with van der Waals surface area (Å²) in [5, 5.41) is 3.80. The van der Waals surface area contributed by atoms with E-state index in [9.17, 15) is 13.2 Å². The summed E-state index contributed by atoms with van der Waals surface area (Å²) in [5.74, 6) is 0.819. The van der Waals surface area contributed by atoms with E-state index in [0.29, 0.717) is 22.8 Å². The molecule has 1 amide bonds. The standard InChI is InChI=1S/C25H23N3O4S2/c1-18-10-11-22(34(30,31)27-16-21-8-5-13-32-21)15-23(18)25(29)28-20-7-4-6-19(14-20)17-33-24-9-2-3-12-26-24/h2-15,27H,16-17H2,1H3,(H,28,29). The quantitative estimate of drug-likeness (QED) is 0.318. The van der Waals surface area contributed by atoms with E-state index in [4.69, 9.17) is 4.42 Å². The van der Waals surface area contributed by atoms with E-state index in [-0.39, 0.29) is 22.9 Å². The molecule has 34 heavy (non-hydrogen) atoms. The Morgan fingerprint density at radius 2 is 1.91 bits per heavy atom. The molecule has 0 spiro atoms. The summed E-state index contributed by atoms with van der Waals surface area (Å²) in [4.78, 5) is 17.3. The third-order valence-corrected chi connectivity index (χ3v) is 7.40. The molecule has 0 saturated heterocycles. The molecule has 0 fully saturated rings. The minimum Gasteiger partial charge on any atom is -0.468 e. The highest BCUT2D eigenvalue weighted by Gasteiger charge is 2.18. The molecule has 0 aliphatic carbocycles. The number of sulfonamides is 1. The molecule has 0 aliphatic heterocycles. The Labute approximate surface area is 202 Å². The second-order valence-corrected chi connectivity index (χ2v) is 10.3. The molecule has 2 N–H and O–H groups in total. The Hall–Kier alpha value is -3.40. The highest BCUT2D eigenvalue weighted by molar-refractivity contribution is 7.98. The van der Waals surface area contributed by atoms with Crippen molar-refractivity contribution in [3.8, 4) is 0 Å². The lowest BCUT2D eigenvalue weighted by molar-refractivity contribution is 0.102. The van der Waals surface area contributed by atoms with Crippen LogP contribution in [0.5, 0.6) is 0 Å². The zero-order chi connectivity index (χ0) is 24.0. The molecule has 0 aliphatic rings. The predicted molar refractivity (Wildman–Crippen MR) is 132 cm³/mol. The number of aryl methyl sites for hydroxylation is 1. The van der Waals surface area contributed by atoms with Gasteiger partial charge in [0.15, 0.2) is 0 Å². The molecule has 2 heterocycles. The van der Waals surface area contributed by atoms with Crippen LogP contribution in [0.2, 0.25) is 0 Å². The average Bonchev–Trinajstić information content (AvgIpc) is 3.36. The van der Waals surface area contributed by atoms with Crippen molar-refractivity contribution in [1.82, 2.24) is 9.71 Å². The van der Waals surface area contributed by atoms with Crippen LogP contribution in [0.4, 0.5) is 5.69 Å². The van der Waals surface area contributed by atoms with Crippen molar-refractivity contribution in [2.24, 2.45) is 0 Å². The van der Waals surface area contributed by atoms with Gasteiger partial charge in [-0.05, 0) is 66.6 Å². The lowest BCUT2D eigenvalue weighted by Gasteiger charge is -2.12. The molecule has 4 rings (SSSR count). The van der Waals surface area contributed by atoms with Gasteiger partial charge < -0.3 is 9.73 Å². The van der Waals surface area contributed by atoms with Crippen LogP contribution in [-0.4, -0.2) is 19.3 Å². The van der Waals surface area contributed by atoms with Gasteiger partial charge in [-0.15, -0.1) is 11.8 Å². The number of anilines is 1. The van der Waals surface area contributed by atoms with Crippen LogP contribution in [0.15, 0.2) is 99.6 Å². The molecule has 2 aromatic carbocycles. The summed E-state index contributed by atoms with van der Waals surface area (Å²) in [6.45, 7) is 1.79. The highest BCUT2D eigenvalue weighted by Crippen LogP contribution is 2.23. The molecule has 0 atom stereocenters. The van der Waals surface area contributed by atoms with Crippen molar-refractivity contribution in [2.75, 3.05) is 5.32 Å². The Morgan fingerprint density at radius 3 is 2.68 bits per heavy atom. The third kappa shape index (κ3) is 6.13. The number of amides is 1. The Bertz CT molecular complexity index is 1370. The summed E-state index contributed by atoms with van der Waals surface area (Å²) >= 11 is 1.60. The fourth-order valence-corrected chi connectivity index (χ4v) is 5.03. The van der Waals surface area contributed by atoms with Gasteiger partial charge in [-0.25, -0.2) is 18.1 Å². The summed E-state index contributed by atoms with van der Waals surface area (Å²) in [7, 11) is -3.82. The number of thioether (sulfide) groups is 1. The van der Waals surface area contributed by atoms with Gasteiger partial charge >= 0.3 is 0 Å². The number of nitrogens with one attached hydrogen (secondary N) is 2. The minimum absolute atomic E-state index is 0.00955. The van der Waals surface area contributed by atoms with Crippen molar-refractivity contribution >= 4 is 33.4 Å². The summed E-state index contributed by atoms with van der Waals surface area (Å²) in [6.07, 6.45) is 3.23. The van der Waals surface area contributed by atoms with Crippen molar-refractivity contribution in [2.45, 2.75) is 29.1 Å². The van der Waals surface area contributed by atoms with Crippen LogP contribution in [-0.2, 0) is 22.3 Å². The molecule has 0 bridgehead atoms. The van der Waals surface area contributed by atoms with E-state index in [1.54, 1.807) is 49.1 Å². The minimum atomic E-state index is -3.82. The molecule has 0 radical (unpaired) electrons. The van der Waals surface area contributed by atoms with Crippen LogP contribution in [0, 0.1) is 6.92 Å². The van der Waals surface area contributed by atoms with Crippen molar-refractivity contribution in [1.29, 1.82) is 0 Å². The number of aromatic nitrogens is 1. The first-order valence-corrected chi connectivity index (χ1v) is 12.9. The lowest BCUT2D eigenvalue weighted by Crippen LogP contribution is -2.24. The molecule has 0 saturated carbocycles. The van der Waals surface area contributed by atoms with Gasteiger partial charge in [0, 0.05) is 23.2 Å². The number of rotatable bonds is 9. The van der Waals surface area contributed by atoms with Gasteiger partial charge in [0.05, 0.1) is 22.7 Å². The van der Waals surface area contributed by atoms with Gasteiger partial charge in [-0.2, -0.15) is 0 Å². The molecule has 0 unspecified atom stereocenters. The maximum absolute atomic E-state index is 13.0. The van der Waals surface area contributed by atoms with Crippen LogP contribution in [0.25, 0.3) is 0 Å². The summed E-state index contributed by atoms with van der Waals surface area (Å²) in [5.41, 5.74) is 2.62. The largest absolute Gasteiger partial charge is 0.468 e. The number of carbonyl (C=O) groups excluding carboxylic acids is 1. The second kappa shape index (κ2) is 10.7. The molecular weight excluding hydrogens is 470 g/mol. The number of furan rings is 1. The number of hydrogen-bond donors (Lipinski definition) is 2. The Kier molecular flexibility index (Phi) is 7.46. The van der Waals surface area contributed by atoms with E-state index >= 15 is 0 Å². The molecular formula is C25H23N3O4S2. The van der Waals surface area contributed by atoms with Crippen LogP contribution >= 0.6 is 11.8 Å². The Balaban J connectivity index is 1.45. The zero-order valence-electron chi connectivity index (χ0n) is 18.4. The predicted octanol–water partition coefficient (Wildman–Crippen LogP) is 5.01. The van der Waals surface area contributed by atoms with Crippen molar-refractivity contribution in [3.05, 3.63) is 108 Å². The number of benzene rings is 2. The molecule has 7 nitrogen and oxygen atoms in total. The van der Waals surface area contributed by atoms with Gasteiger partial charge in [0.1, 0.15) is 5.76 Å². The summed E-state index contributed by atoms with van der Waals surface area (Å²) in [6, 6.07) is 21.2. The van der Waals surface area contributed by atoms with Gasteiger partial charge in [-0.3, -0.25) is 4.79 Å². The number of pyridine rings is 1. The van der Waals surface area contributed by atoms with E-state index in [2.05, 4.69) is 15.0 Å². The third-order valence-electron chi connectivity index (χ3n) is 4.99. The van der Waals surface area contributed by atoms with Crippen LogP contribution in [0.3, 0.4) is 0 Å². The van der Waals surface area contributed by atoms with Crippen LogP contribution in [0.1, 0.15) is 27.2 Å². The van der Waals surface area contributed by atoms with Crippen molar-refractivity contribution < 1.29 is 17.6 Å². The van der Waals surface area contributed by atoms with Gasteiger partial charge in [-0.1, -0.05) is 24.3 Å². The first kappa shape index (κ1) is 23.7. The maximum atomic E-state index is 13.0. The van der Waals surface area contributed by atoms with Gasteiger partial charge in [0.25, 0.3) is 5.91 Å². The number of hydrogen-bond acceptors (Lipinski definition) is 6. The van der Waals surface area contributed by atoms with E-state index in [1.807, 2.05) is 36.4 Å². The van der Waals surface area contributed by atoms with E-state index in [0.717, 1.165) is 10.6 Å². The first-order valence-electron chi connectivity index (χ1n) is 10.5. The molecule has 174 valence electrons. The van der Waals surface area contributed by atoms with E-state index < -0.39 is 10.0 Å². The van der Waals surface area contributed by atoms with Gasteiger partial charge in [0.2, 0.25) is 10.0 Å². The number of nitrogens with zero attached hydrogens (tertiary/aromatic N) is 1. The van der Waals surface area contributed by atoms with E-state index in [1.165, 1.54) is 18.4 Å². The number of carbonyl (C=O) groups is 1. The monoisotopic (exact) mass is 493 g/mol. The first-order chi connectivity index (χ1) is 16.4. The molecule has 4 aromatic rings. The van der Waals surface area contributed by atoms with Crippen LogP contribution < -0.4 is 10.0 Å². The molecule has 2 aromatic heterocycles. The maximum Gasteiger partial charge on any atom is 0.255 e. The SMILES string of the molecule is Cc1ccc(S(=O)(=O)NCc2ccco2)cc1C(=O)Nc1cccc(CSc2ccccn2)c1. The molecule has 9 heteroatoms. The summed E-state index contributed by atoms with van der Waals surface area (Å²) < 4.78 is 33.1. The fraction of sp³-hybridized carbons (Fsp3) is 0.120. The normalized spacial score (nSPS) is 11.3. The Morgan fingerprint density at radius 1 is 1.03 bits per heavy atom. The highest BCUT2D eigenvalue weighted by atomic mass is 32.2.